The summed E-state index contributed by atoms with van der Waals surface area (Å²) in [5.74, 6) is -0.906. The molecule has 3 rings (SSSR count). The minimum absolute atomic E-state index is 0.181. The zero-order valence-corrected chi connectivity index (χ0v) is 18.9. The van der Waals surface area contributed by atoms with Gasteiger partial charge in [0.05, 0.1) is 5.25 Å². The fraction of sp³-hybridized carbons (Fsp3) is 0.200. The van der Waals surface area contributed by atoms with Gasteiger partial charge in [0.25, 0.3) is 0 Å². The van der Waals surface area contributed by atoms with Gasteiger partial charge in [0.15, 0.2) is 4.34 Å². The van der Waals surface area contributed by atoms with Crippen molar-refractivity contribution in [1.29, 1.82) is 0 Å². The van der Waals surface area contributed by atoms with Crippen LogP contribution >= 0.6 is 23.1 Å². The smallest absolute Gasteiger partial charge is 0.406 e. The second-order valence-electron chi connectivity index (χ2n) is 6.58. The summed E-state index contributed by atoms with van der Waals surface area (Å²) in [6, 6.07) is 12.0. The number of benzene rings is 2. The van der Waals surface area contributed by atoms with Crippen LogP contribution in [0.15, 0.2) is 52.9 Å². The Kier molecular flexibility index (Phi) is 7.76. The fourth-order valence-corrected chi connectivity index (χ4v) is 4.41. The molecule has 0 saturated carbocycles. The molecule has 3 N–H and O–H groups in total. The largest absolute Gasteiger partial charge is 0.573 e. The molecule has 0 radical (unpaired) electrons. The number of hydrogen-bond acceptors (Lipinski definition) is 8. The Morgan fingerprint density at radius 3 is 2.39 bits per heavy atom. The van der Waals surface area contributed by atoms with Gasteiger partial charge in [-0.15, -0.1) is 23.4 Å². The number of rotatable bonds is 8. The molecule has 174 valence electrons. The van der Waals surface area contributed by atoms with Crippen molar-refractivity contribution in [3.63, 3.8) is 0 Å². The molecule has 13 heteroatoms. The van der Waals surface area contributed by atoms with Gasteiger partial charge in [-0.2, -0.15) is 0 Å². The van der Waals surface area contributed by atoms with Crippen LogP contribution in [0, 0.1) is 0 Å². The van der Waals surface area contributed by atoms with Crippen LogP contribution in [0.3, 0.4) is 0 Å². The Hall–Kier alpha value is -3.32. The summed E-state index contributed by atoms with van der Waals surface area (Å²) >= 11 is 2.43. The molecule has 1 heterocycles. The van der Waals surface area contributed by atoms with Crippen molar-refractivity contribution in [3.05, 3.63) is 48.5 Å². The molecule has 0 saturated heterocycles. The number of thioether (sulfide) groups is 1. The lowest BCUT2D eigenvalue weighted by atomic mass is 10.3. The average Bonchev–Trinajstić information content (AvgIpc) is 3.14. The van der Waals surface area contributed by atoms with Gasteiger partial charge in [0.2, 0.25) is 16.9 Å². The standard InChI is InChI=1S/C20H18F3N5O3S2/c1-11(17(30)25-13-6-8-16(9-7-13)31-20(21,22)23)32-19-28-27-18(33-19)26-15-5-3-4-14(10-15)24-12(2)29/h3-11H,1-2H3,(H,24,29)(H,25,30)(H,26,27). The summed E-state index contributed by atoms with van der Waals surface area (Å²) in [5, 5.41) is 16.5. The molecule has 0 aliphatic rings. The second kappa shape index (κ2) is 10.5. The van der Waals surface area contributed by atoms with E-state index in [4.69, 9.17) is 0 Å². The van der Waals surface area contributed by atoms with Crippen molar-refractivity contribution < 1.29 is 27.5 Å². The maximum Gasteiger partial charge on any atom is 0.573 e. The van der Waals surface area contributed by atoms with E-state index >= 15 is 0 Å². The molecule has 1 aromatic heterocycles. The lowest BCUT2D eigenvalue weighted by Gasteiger charge is -2.12. The lowest BCUT2D eigenvalue weighted by Crippen LogP contribution is -2.22. The first-order valence-corrected chi connectivity index (χ1v) is 11.1. The van der Waals surface area contributed by atoms with Crippen molar-refractivity contribution in [3.8, 4) is 5.75 Å². The molecule has 1 unspecified atom stereocenters. The molecule has 0 spiro atoms. The van der Waals surface area contributed by atoms with Gasteiger partial charge in [-0.3, -0.25) is 9.59 Å². The van der Waals surface area contributed by atoms with E-state index in [9.17, 15) is 22.8 Å². The predicted molar refractivity (Wildman–Crippen MR) is 121 cm³/mol. The quantitative estimate of drug-likeness (QED) is 0.365. The molecule has 2 aromatic carbocycles. The van der Waals surface area contributed by atoms with Crippen LogP contribution in [0.1, 0.15) is 13.8 Å². The number of amides is 2. The highest BCUT2D eigenvalue weighted by Crippen LogP contribution is 2.31. The van der Waals surface area contributed by atoms with E-state index in [2.05, 4.69) is 30.9 Å². The van der Waals surface area contributed by atoms with Crippen LogP contribution in [0.5, 0.6) is 5.75 Å². The Labute approximate surface area is 194 Å². The Morgan fingerprint density at radius 2 is 1.73 bits per heavy atom. The molecular weight excluding hydrogens is 479 g/mol. The first kappa shape index (κ1) is 24.3. The van der Waals surface area contributed by atoms with Crippen molar-refractivity contribution in [2.45, 2.75) is 29.8 Å². The van der Waals surface area contributed by atoms with Crippen LogP contribution in [0.25, 0.3) is 0 Å². The first-order chi connectivity index (χ1) is 15.6. The zero-order chi connectivity index (χ0) is 24.0. The summed E-state index contributed by atoms with van der Waals surface area (Å²) in [4.78, 5) is 23.6. The third-order valence-corrected chi connectivity index (χ3v) is 5.87. The van der Waals surface area contributed by atoms with E-state index in [1.165, 1.54) is 42.2 Å². The number of nitrogens with zero attached hydrogens (tertiary/aromatic N) is 2. The average molecular weight is 498 g/mol. The van der Waals surface area contributed by atoms with Crippen LogP contribution in [0.2, 0.25) is 0 Å². The minimum Gasteiger partial charge on any atom is -0.406 e. The third-order valence-electron chi connectivity index (χ3n) is 3.84. The number of carbonyl (C=O) groups excluding carboxylic acids is 2. The Balaban J connectivity index is 1.54. The van der Waals surface area contributed by atoms with Crippen molar-refractivity contribution in [2.24, 2.45) is 0 Å². The van der Waals surface area contributed by atoms with Gasteiger partial charge in [0.1, 0.15) is 5.75 Å². The number of ether oxygens (including phenoxy) is 1. The highest BCUT2D eigenvalue weighted by Gasteiger charge is 2.31. The molecule has 2 amide bonds. The SMILES string of the molecule is CC(=O)Nc1cccc(Nc2nnc(SC(C)C(=O)Nc3ccc(OC(F)(F)F)cc3)s2)c1. The van der Waals surface area contributed by atoms with Crippen molar-refractivity contribution in [1.82, 2.24) is 10.2 Å². The van der Waals surface area contributed by atoms with E-state index in [1.807, 2.05) is 0 Å². The van der Waals surface area contributed by atoms with Gasteiger partial charge in [0, 0.05) is 24.0 Å². The molecule has 33 heavy (non-hydrogen) atoms. The van der Waals surface area contributed by atoms with E-state index in [0.717, 1.165) is 12.1 Å². The van der Waals surface area contributed by atoms with Gasteiger partial charge in [-0.05, 0) is 49.4 Å². The van der Waals surface area contributed by atoms with Crippen LogP contribution in [0.4, 0.5) is 35.4 Å². The van der Waals surface area contributed by atoms with Gasteiger partial charge in [-0.25, -0.2) is 0 Å². The summed E-state index contributed by atoms with van der Waals surface area (Å²) in [5.41, 5.74) is 1.67. The maximum absolute atomic E-state index is 12.4. The number of anilines is 4. The second-order valence-corrected chi connectivity index (χ2v) is 9.15. The molecule has 1 atom stereocenters. The number of carbonyl (C=O) groups is 2. The first-order valence-electron chi connectivity index (χ1n) is 9.39. The number of hydrogen-bond donors (Lipinski definition) is 3. The van der Waals surface area contributed by atoms with Gasteiger partial charge in [-0.1, -0.05) is 29.2 Å². The summed E-state index contributed by atoms with van der Waals surface area (Å²) < 4.78 is 41.0. The van der Waals surface area contributed by atoms with E-state index < -0.39 is 11.6 Å². The molecule has 8 nitrogen and oxygen atoms in total. The summed E-state index contributed by atoms with van der Waals surface area (Å²) in [6.07, 6.45) is -4.78. The Bertz CT molecular complexity index is 1120. The maximum atomic E-state index is 12.4. The highest BCUT2D eigenvalue weighted by molar-refractivity contribution is 8.02. The van der Waals surface area contributed by atoms with Crippen LogP contribution < -0.4 is 20.7 Å². The topological polar surface area (TPSA) is 105 Å². The third kappa shape index (κ3) is 7.95. The number of nitrogens with one attached hydrogen (secondary N) is 3. The summed E-state index contributed by atoms with van der Waals surface area (Å²) in [7, 11) is 0. The van der Waals surface area contributed by atoms with Crippen LogP contribution in [-0.2, 0) is 9.59 Å². The highest BCUT2D eigenvalue weighted by atomic mass is 32.2. The summed E-state index contributed by atoms with van der Waals surface area (Å²) in [6.45, 7) is 3.09. The Morgan fingerprint density at radius 1 is 1.03 bits per heavy atom. The monoisotopic (exact) mass is 497 g/mol. The minimum atomic E-state index is -4.78. The number of alkyl halides is 3. The zero-order valence-electron chi connectivity index (χ0n) is 17.3. The molecule has 0 fully saturated rings. The molecule has 0 bridgehead atoms. The molecule has 0 aliphatic heterocycles. The molecule has 3 aromatic rings. The van der Waals surface area contributed by atoms with E-state index in [0.29, 0.717) is 26.5 Å². The predicted octanol–water partition coefficient (Wildman–Crippen LogP) is 5.26. The van der Waals surface area contributed by atoms with Crippen LogP contribution in [-0.4, -0.2) is 33.6 Å². The van der Waals surface area contributed by atoms with Gasteiger partial charge >= 0.3 is 6.36 Å². The fourth-order valence-electron chi connectivity index (χ4n) is 2.50. The number of aromatic nitrogens is 2. The lowest BCUT2D eigenvalue weighted by molar-refractivity contribution is -0.274. The number of halogens is 3. The van der Waals surface area contributed by atoms with E-state index in [1.54, 1.807) is 31.2 Å². The van der Waals surface area contributed by atoms with Crippen molar-refractivity contribution in [2.75, 3.05) is 16.0 Å². The van der Waals surface area contributed by atoms with Crippen molar-refractivity contribution >= 4 is 57.1 Å². The molecular formula is C20H18F3N5O3S2. The van der Waals surface area contributed by atoms with E-state index in [-0.39, 0.29) is 17.6 Å². The molecule has 0 aliphatic carbocycles. The normalized spacial score (nSPS) is 12.0. The van der Waals surface area contributed by atoms with Gasteiger partial charge < -0.3 is 20.7 Å².